The Hall–Kier alpha value is -3.64. The smallest absolute Gasteiger partial charge is 0.224 e. The molecule has 2 aromatic carbocycles. The molecule has 6 heteroatoms. The summed E-state index contributed by atoms with van der Waals surface area (Å²) in [7, 11) is 0. The van der Waals surface area contributed by atoms with Gasteiger partial charge in [0.05, 0.1) is 36.1 Å². The highest BCUT2D eigenvalue weighted by Gasteiger charge is 2.27. The minimum atomic E-state index is -0.0884. The molecule has 0 bridgehead atoms. The lowest BCUT2D eigenvalue weighted by Crippen LogP contribution is -2.53. The zero-order chi connectivity index (χ0) is 21.3. The Labute approximate surface area is 176 Å². The molecule has 0 unspecified atom stereocenters. The molecule has 1 aliphatic carbocycles. The largest absolute Gasteiger partial charge is 0.351 e. The summed E-state index contributed by atoms with van der Waals surface area (Å²) >= 11 is 0. The van der Waals surface area contributed by atoms with E-state index in [0.29, 0.717) is 11.1 Å². The number of hydrogen-bond acceptors (Lipinski definition) is 4. The van der Waals surface area contributed by atoms with Crippen LogP contribution in [0.5, 0.6) is 0 Å². The molecule has 30 heavy (non-hydrogen) atoms. The molecule has 0 saturated heterocycles. The molecular formula is C24H24N4O2. The van der Waals surface area contributed by atoms with Gasteiger partial charge in [0.15, 0.2) is 0 Å². The second kappa shape index (κ2) is 10.2. The van der Waals surface area contributed by atoms with Crippen molar-refractivity contribution in [3.63, 3.8) is 0 Å². The van der Waals surface area contributed by atoms with Crippen molar-refractivity contribution >= 4 is 11.8 Å². The zero-order valence-corrected chi connectivity index (χ0v) is 16.7. The van der Waals surface area contributed by atoms with Gasteiger partial charge in [0.2, 0.25) is 11.8 Å². The standard InChI is InChI=1S/C24H24N4O2/c25-15-19-9-5-17(6-10-19)13-23(29)27-21-3-1-2-4-22(21)28-24(30)14-18-7-11-20(16-26)12-8-18/h5-12,21-22H,1-4,13-14H2,(H,27,29)(H,28,30)/t21-,22-/m1/s1. The molecule has 152 valence electrons. The molecule has 0 aromatic heterocycles. The maximum Gasteiger partial charge on any atom is 0.224 e. The number of carbonyl (C=O) groups excluding carboxylic acids is 2. The van der Waals surface area contributed by atoms with Gasteiger partial charge in [0, 0.05) is 12.1 Å². The van der Waals surface area contributed by atoms with Gasteiger partial charge in [-0.15, -0.1) is 0 Å². The summed E-state index contributed by atoms with van der Waals surface area (Å²) in [4.78, 5) is 25.0. The monoisotopic (exact) mass is 400 g/mol. The number of nitrogens with zero attached hydrogens (tertiary/aromatic N) is 2. The minimum absolute atomic E-state index is 0.0852. The van der Waals surface area contributed by atoms with E-state index in [1.165, 1.54) is 0 Å². The molecule has 0 radical (unpaired) electrons. The molecule has 2 N–H and O–H groups in total. The lowest BCUT2D eigenvalue weighted by molar-refractivity contribution is -0.124. The van der Waals surface area contributed by atoms with Crippen LogP contribution >= 0.6 is 0 Å². The first-order valence-electron chi connectivity index (χ1n) is 10.1. The average Bonchev–Trinajstić information content (AvgIpc) is 2.76. The lowest BCUT2D eigenvalue weighted by atomic mass is 9.89. The first-order chi connectivity index (χ1) is 14.6. The number of rotatable bonds is 6. The quantitative estimate of drug-likeness (QED) is 0.778. The van der Waals surface area contributed by atoms with Crippen molar-refractivity contribution in [2.45, 2.75) is 50.6 Å². The summed E-state index contributed by atoms with van der Waals surface area (Å²) in [6.45, 7) is 0. The van der Waals surface area contributed by atoms with Gasteiger partial charge in [-0.3, -0.25) is 9.59 Å². The van der Waals surface area contributed by atoms with Gasteiger partial charge in [-0.25, -0.2) is 0 Å². The molecule has 1 fully saturated rings. The van der Waals surface area contributed by atoms with Gasteiger partial charge in [0.25, 0.3) is 0 Å². The van der Waals surface area contributed by atoms with Gasteiger partial charge >= 0.3 is 0 Å². The fourth-order valence-electron chi connectivity index (χ4n) is 3.76. The van der Waals surface area contributed by atoms with Crippen LogP contribution in [0.3, 0.4) is 0 Å². The van der Waals surface area contributed by atoms with E-state index in [-0.39, 0.29) is 36.7 Å². The zero-order valence-electron chi connectivity index (χ0n) is 16.7. The second-order valence-corrected chi connectivity index (χ2v) is 7.60. The van der Waals surface area contributed by atoms with Crippen molar-refractivity contribution < 1.29 is 9.59 Å². The number of nitrogens with one attached hydrogen (secondary N) is 2. The highest BCUT2D eigenvalue weighted by Crippen LogP contribution is 2.19. The molecule has 0 heterocycles. The lowest BCUT2D eigenvalue weighted by Gasteiger charge is -2.33. The average molecular weight is 400 g/mol. The normalized spacial score (nSPS) is 17.9. The Morgan fingerprint density at radius 1 is 0.733 bits per heavy atom. The Morgan fingerprint density at radius 2 is 1.10 bits per heavy atom. The van der Waals surface area contributed by atoms with Crippen molar-refractivity contribution in [2.24, 2.45) is 0 Å². The van der Waals surface area contributed by atoms with E-state index in [1.54, 1.807) is 48.5 Å². The van der Waals surface area contributed by atoms with Crippen LogP contribution in [0.2, 0.25) is 0 Å². The maximum absolute atomic E-state index is 12.5. The van der Waals surface area contributed by atoms with E-state index in [9.17, 15) is 9.59 Å². The molecule has 2 amide bonds. The van der Waals surface area contributed by atoms with Crippen LogP contribution < -0.4 is 10.6 Å². The Bertz CT molecular complexity index is 887. The van der Waals surface area contributed by atoms with E-state index in [2.05, 4.69) is 22.8 Å². The van der Waals surface area contributed by atoms with Crippen molar-refractivity contribution in [1.29, 1.82) is 10.5 Å². The number of hydrogen-bond donors (Lipinski definition) is 2. The van der Waals surface area contributed by atoms with Crippen LogP contribution in [-0.2, 0) is 22.4 Å². The highest BCUT2D eigenvalue weighted by molar-refractivity contribution is 5.80. The summed E-state index contributed by atoms with van der Waals surface area (Å²) in [6.07, 6.45) is 4.19. The van der Waals surface area contributed by atoms with Crippen molar-refractivity contribution in [3.05, 3.63) is 70.8 Å². The number of amides is 2. The molecule has 3 rings (SSSR count). The van der Waals surface area contributed by atoms with Crippen molar-refractivity contribution in [3.8, 4) is 12.1 Å². The molecule has 6 nitrogen and oxygen atoms in total. The number of carbonyl (C=O) groups is 2. The van der Waals surface area contributed by atoms with Crippen molar-refractivity contribution in [2.75, 3.05) is 0 Å². The van der Waals surface area contributed by atoms with E-state index in [4.69, 9.17) is 10.5 Å². The van der Waals surface area contributed by atoms with Crippen LogP contribution in [0.25, 0.3) is 0 Å². The third-order valence-electron chi connectivity index (χ3n) is 5.35. The van der Waals surface area contributed by atoms with Crippen LogP contribution in [0.1, 0.15) is 47.9 Å². The van der Waals surface area contributed by atoms with Gasteiger partial charge in [-0.2, -0.15) is 10.5 Å². The molecule has 2 aromatic rings. The highest BCUT2D eigenvalue weighted by atomic mass is 16.2. The summed E-state index contributed by atoms with van der Waals surface area (Å²) in [6, 6.07) is 17.9. The fraction of sp³-hybridized carbons (Fsp3) is 0.333. The van der Waals surface area contributed by atoms with Crippen LogP contribution in [0.4, 0.5) is 0 Å². The molecule has 0 spiro atoms. The predicted octanol–water partition coefficient (Wildman–Crippen LogP) is 2.76. The second-order valence-electron chi connectivity index (χ2n) is 7.60. The van der Waals surface area contributed by atoms with Gasteiger partial charge in [-0.05, 0) is 48.2 Å². The summed E-state index contributed by atoms with van der Waals surface area (Å²) in [5, 5.41) is 23.9. The number of benzene rings is 2. The number of nitriles is 2. The fourth-order valence-corrected chi connectivity index (χ4v) is 3.76. The van der Waals surface area contributed by atoms with Crippen LogP contribution in [-0.4, -0.2) is 23.9 Å². The predicted molar refractivity (Wildman–Crippen MR) is 112 cm³/mol. The maximum atomic E-state index is 12.5. The third-order valence-corrected chi connectivity index (χ3v) is 5.35. The van der Waals surface area contributed by atoms with Gasteiger partial charge in [-0.1, -0.05) is 37.1 Å². The molecule has 2 atom stereocenters. The van der Waals surface area contributed by atoms with E-state index >= 15 is 0 Å². The van der Waals surface area contributed by atoms with Gasteiger partial charge in [0.1, 0.15) is 0 Å². The molecule has 1 saturated carbocycles. The van der Waals surface area contributed by atoms with E-state index in [1.807, 2.05) is 0 Å². The first-order valence-corrected chi connectivity index (χ1v) is 10.1. The summed E-state index contributed by atoms with van der Waals surface area (Å²) in [5.74, 6) is -0.170. The van der Waals surface area contributed by atoms with E-state index < -0.39 is 0 Å². The van der Waals surface area contributed by atoms with Gasteiger partial charge < -0.3 is 10.6 Å². The first kappa shape index (κ1) is 21.1. The van der Waals surface area contributed by atoms with Crippen LogP contribution in [0, 0.1) is 22.7 Å². The molecular weight excluding hydrogens is 376 g/mol. The Kier molecular flexibility index (Phi) is 7.19. The SMILES string of the molecule is N#Cc1ccc(CC(=O)N[C@@H]2CCCC[C@H]2NC(=O)Cc2ccc(C#N)cc2)cc1. The Morgan fingerprint density at radius 3 is 1.43 bits per heavy atom. The van der Waals surface area contributed by atoms with Crippen LogP contribution in [0.15, 0.2) is 48.5 Å². The van der Waals surface area contributed by atoms with E-state index in [0.717, 1.165) is 36.8 Å². The topological polar surface area (TPSA) is 106 Å². The Balaban J connectivity index is 1.54. The van der Waals surface area contributed by atoms with Crippen molar-refractivity contribution in [1.82, 2.24) is 10.6 Å². The summed E-state index contributed by atoms with van der Waals surface area (Å²) in [5.41, 5.74) is 2.83. The summed E-state index contributed by atoms with van der Waals surface area (Å²) < 4.78 is 0. The molecule has 0 aliphatic heterocycles. The third kappa shape index (κ3) is 5.93. The minimum Gasteiger partial charge on any atom is -0.351 e. The molecule has 1 aliphatic rings.